The Kier molecular flexibility index (Phi) is 3.87. The summed E-state index contributed by atoms with van der Waals surface area (Å²) in [5.74, 6) is -0.00773. The molecule has 1 amide bonds. The molecule has 2 heterocycles. The second kappa shape index (κ2) is 5.68. The van der Waals surface area contributed by atoms with Crippen molar-refractivity contribution < 1.29 is 14.7 Å². The van der Waals surface area contributed by atoms with Crippen molar-refractivity contribution in [1.29, 1.82) is 0 Å². The first-order chi connectivity index (χ1) is 10.5. The van der Waals surface area contributed by atoms with Gasteiger partial charge in [-0.15, -0.1) is 0 Å². The number of aryl methyl sites for hydroxylation is 1. The second-order valence-corrected chi connectivity index (χ2v) is 6.77. The monoisotopic (exact) mass is 318 g/mol. The molecule has 2 N–H and O–H groups in total. The van der Waals surface area contributed by atoms with Crippen molar-refractivity contribution in [2.24, 2.45) is 0 Å². The number of aromatic nitrogens is 1. The van der Waals surface area contributed by atoms with Crippen LogP contribution in [0.4, 0.5) is 0 Å². The molecule has 0 aliphatic carbocycles. The van der Waals surface area contributed by atoms with Gasteiger partial charge in [0, 0.05) is 17.0 Å². The van der Waals surface area contributed by atoms with Gasteiger partial charge in [0.05, 0.1) is 0 Å². The summed E-state index contributed by atoms with van der Waals surface area (Å²) in [5.41, 5.74) is 0.861. The van der Waals surface area contributed by atoms with E-state index < -0.39 is 11.5 Å². The molecule has 1 aliphatic heterocycles. The van der Waals surface area contributed by atoms with Crippen LogP contribution in [0.15, 0.2) is 30.3 Å². The molecule has 1 aromatic heterocycles. The molecule has 0 spiro atoms. The maximum Gasteiger partial charge on any atom is 0.330 e. The van der Waals surface area contributed by atoms with E-state index in [-0.39, 0.29) is 12.5 Å². The van der Waals surface area contributed by atoms with E-state index in [4.69, 9.17) is 0 Å². The van der Waals surface area contributed by atoms with E-state index >= 15 is 0 Å². The summed E-state index contributed by atoms with van der Waals surface area (Å²) in [5, 5.41) is 13.3. The highest BCUT2D eigenvalue weighted by Crippen LogP contribution is 2.28. The Labute approximate surface area is 132 Å². The van der Waals surface area contributed by atoms with Crippen LogP contribution in [0, 0.1) is 6.92 Å². The van der Waals surface area contributed by atoms with Crippen LogP contribution in [0.2, 0.25) is 0 Å². The number of carboxylic acid groups (broad SMARTS) is 1. The summed E-state index contributed by atoms with van der Waals surface area (Å²) in [6.45, 7) is 2.09. The van der Waals surface area contributed by atoms with Crippen LogP contribution in [0.3, 0.4) is 0 Å². The summed E-state index contributed by atoms with van der Waals surface area (Å²) in [7, 11) is 0. The number of hydrogen-bond acceptors (Lipinski definition) is 3. The van der Waals surface area contributed by atoms with Crippen molar-refractivity contribution in [3.05, 3.63) is 36.0 Å². The highest BCUT2D eigenvalue weighted by Gasteiger charge is 2.43. The van der Waals surface area contributed by atoms with Crippen molar-refractivity contribution in [1.82, 2.24) is 9.88 Å². The van der Waals surface area contributed by atoms with E-state index in [1.54, 1.807) is 11.8 Å². The third kappa shape index (κ3) is 2.59. The maximum atomic E-state index is 12.4. The molecule has 1 atom stereocenters. The van der Waals surface area contributed by atoms with E-state index in [1.807, 2.05) is 41.8 Å². The minimum atomic E-state index is -1.11. The van der Waals surface area contributed by atoms with Gasteiger partial charge in [0.1, 0.15) is 12.1 Å². The predicted octanol–water partition coefficient (Wildman–Crippen LogP) is 2.03. The number of hydrogen-bond donors (Lipinski definition) is 2. The first-order valence-corrected chi connectivity index (χ1v) is 8.34. The number of aliphatic carboxylic acids is 1. The average molecular weight is 318 g/mol. The van der Waals surface area contributed by atoms with E-state index in [9.17, 15) is 14.7 Å². The molecule has 1 saturated heterocycles. The lowest BCUT2D eigenvalue weighted by Gasteiger charge is -2.25. The summed E-state index contributed by atoms with van der Waals surface area (Å²) in [6, 6.07) is 9.89. The van der Waals surface area contributed by atoms with Gasteiger partial charge in [-0.2, -0.15) is 11.8 Å². The minimum absolute atomic E-state index is 0.138. The Morgan fingerprint density at radius 2 is 2.18 bits per heavy atom. The Morgan fingerprint density at radius 1 is 1.41 bits per heavy atom. The molecule has 22 heavy (non-hydrogen) atoms. The van der Waals surface area contributed by atoms with Gasteiger partial charge in [0.2, 0.25) is 5.91 Å². The SMILES string of the molecule is Cc1cc2ccccc2n1CC(=O)NC1(C(=O)O)CCSC1. The zero-order chi connectivity index (χ0) is 15.7. The predicted molar refractivity (Wildman–Crippen MR) is 87.1 cm³/mol. The number of nitrogens with one attached hydrogen (secondary N) is 1. The van der Waals surface area contributed by atoms with Crippen molar-refractivity contribution in [3.8, 4) is 0 Å². The molecule has 6 heteroatoms. The molecule has 1 aliphatic rings. The van der Waals surface area contributed by atoms with Crippen LogP contribution in [0.1, 0.15) is 12.1 Å². The van der Waals surface area contributed by atoms with Gasteiger partial charge < -0.3 is 15.0 Å². The van der Waals surface area contributed by atoms with Crippen LogP contribution in [-0.2, 0) is 16.1 Å². The third-order valence-corrected chi connectivity index (χ3v) is 5.32. The normalized spacial score (nSPS) is 21.1. The fourth-order valence-electron chi connectivity index (χ4n) is 2.89. The van der Waals surface area contributed by atoms with E-state index in [1.165, 1.54) is 0 Å². The molecule has 3 rings (SSSR count). The number of carboxylic acids is 1. The quantitative estimate of drug-likeness (QED) is 0.905. The number of carbonyl (C=O) groups is 2. The molecule has 1 unspecified atom stereocenters. The van der Waals surface area contributed by atoms with Crippen LogP contribution >= 0.6 is 11.8 Å². The molecule has 1 fully saturated rings. The summed E-state index contributed by atoms with van der Waals surface area (Å²) in [6.07, 6.45) is 0.476. The minimum Gasteiger partial charge on any atom is -0.479 e. The molecule has 5 nitrogen and oxygen atoms in total. The number of benzene rings is 1. The van der Waals surface area contributed by atoms with Gasteiger partial charge in [0.25, 0.3) is 0 Å². The maximum absolute atomic E-state index is 12.4. The molecule has 0 bridgehead atoms. The summed E-state index contributed by atoms with van der Waals surface area (Å²) < 4.78 is 1.92. The van der Waals surface area contributed by atoms with Crippen LogP contribution < -0.4 is 5.32 Å². The number of fused-ring (bicyclic) bond motifs is 1. The molecule has 116 valence electrons. The van der Waals surface area contributed by atoms with Gasteiger partial charge in [-0.3, -0.25) is 4.79 Å². The Hall–Kier alpha value is -1.95. The Balaban J connectivity index is 1.81. The standard InChI is InChI=1S/C16H18N2O3S/c1-11-8-12-4-2-3-5-13(12)18(11)9-14(19)17-16(15(20)21)6-7-22-10-16/h2-5,8H,6-7,9-10H2,1H3,(H,17,19)(H,20,21). The van der Waals surface area contributed by atoms with Crippen LogP contribution in [-0.4, -0.2) is 38.6 Å². The summed E-state index contributed by atoms with van der Waals surface area (Å²) >= 11 is 1.56. The number of para-hydroxylation sites is 1. The number of rotatable bonds is 4. The van der Waals surface area contributed by atoms with Gasteiger partial charge in [-0.25, -0.2) is 4.79 Å². The average Bonchev–Trinajstić information content (AvgIpc) is 3.06. The lowest BCUT2D eigenvalue weighted by atomic mass is 9.99. The molecule has 1 aromatic carbocycles. The lowest BCUT2D eigenvalue weighted by molar-refractivity contribution is -0.146. The molecule has 0 saturated carbocycles. The van der Waals surface area contributed by atoms with Gasteiger partial charge >= 0.3 is 5.97 Å². The topological polar surface area (TPSA) is 71.3 Å². The van der Waals surface area contributed by atoms with Crippen LogP contribution in [0.25, 0.3) is 10.9 Å². The number of carbonyl (C=O) groups excluding carboxylic acids is 1. The van der Waals surface area contributed by atoms with E-state index in [2.05, 4.69) is 5.32 Å². The zero-order valence-corrected chi connectivity index (χ0v) is 13.2. The molecule has 2 aromatic rings. The smallest absolute Gasteiger partial charge is 0.330 e. The fourth-order valence-corrected chi connectivity index (χ4v) is 4.22. The first kappa shape index (κ1) is 15.0. The molecular weight excluding hydrogens is 300 g/mol. The van der Waals surface area contributed by atoms with Gasteiger partial charge in [-0.05, 0) is 36.6 Å². The first-order valence-electron chi connectivity index (χ1n) is 7.19. The molecule has 0 radical (unpaired) electrons. The number of nitrogens with zero attached hydrogens (tertiary/aromatic N) is 1. The molecular formula is C16H18N2O3S. The number of amides is 1. The van der Waals surface area contributed by atoms with Crippen LogP contribution in [0.5, 0.6) is 0 Å². The van der Waals surface area contributed by atoms with E-state index in [0.717, 1.165) is 22.3 Å². The number of thioether (sulfide) groups is 1. The fraction of sp³-hybridized carbons (Fsp3) is 0.375. The second-order valence-electron chi connectivity index (χ2n) is 5.67. The van der Waals surface area contributed by atoms with Crippen molar-refractivity contribution in [2.45, 2.75) is 25.4 Å². The van der Waals surface area contributed by atoms with Crippen molar-refractivity contribution >= 4 is 34.5 Å². The third-order valence-electron chi connectivity index (χ3n) is 4.13. The summed E-state index contributed by atoms with van der Waals surface area (Å²) in [4.78, 5) is 23.9. The van der Waals surface area contributed by atoms with Crippen molar-refractivity contribution in [2.75, 3.05) is 11.5 Å². The Morgan fingerprint density at radius 3 is 2.86 bits per heavy atom. The Bertz CT molecular complexity index is 732. The highest BCUT2D eigenvalue weighted by molar-refractivity contribution is 7.99. The lowest BCUT2D eigenvalue weighted by Crippen LogP contribution is -2.55. The van der Waals surface area contributed by atoms with Gasteiger partial charge in [-0.1, -0.05) is 18.2 Å². The largest absolute Gasteiger partial charge is 0.479 e. The highest BCUT2D eigenvalue weighted by atomic mass is 32.2. The van der Waals surface area contributed by atoms with E-state index in [0.29, 0.717) is 12.2 Å². The van der Waals surface area contributed by atoms with Crippen molar-refractivity contribution in [3.63, 3.8) is 0 Å². The zero-order valence-electron chi connectivity index (χ0n) is 12.3. The van der Waals surface area contributed by atoms with Gasteiger partial charge in [0.15, 0.2) is 0 Å².